The third-order valence-electron chi connectivity index (χ3n) is 2.54. The Labute approximate surface area is 110 Å². The second kappa shape index (κ2) is 5.68. The molecule has 0 aliphatic heterocycles. The molecule has 1 aromatic heterocycles. The largest absolute Gasteiger partial charge is 0.335 e. The summed E-state index contributed by atoms with van der Waals surface area (Å²) >= 11 is 1.70. The van der Waals surface area contributed by atoms with Crippen molar-refractivity contribution in [2.45, 2.75) is 11.4 Å². The predicted molar refractivity (Wildman–Crippen MR) is 70.4 cm³/mol. The Balaban J connectivity index is 2.02. The van der Waals surface area contributed by atoms with Gasteiger partial charge in [-0.2, -0.15) is 5.10 Å². The maximum Gasteiger partial charge on any atom is 0.291 e. The predicted octanol–water partition coefficient (Wildman–Crippen LogP) is 1.80. The van der Waals surface area contributed by atoms with E-state index in [0.717, 1.165) is 5.56 Å². The molecule has 18 heavy (non-hydrogen) atoms. The Hall–Kier alpha value is -1.82. The van der Waals surface area contributed by atoms with Crippen molar-refractivity contribution >= 4 is 17.7 Å². The number of nitrogens with zero attached hydrogens (tertiary/aromatic N) is 3. The molecule has 0 bridgehead atoms. The summed E-state index contributed by atoms with van der Waals surface area (Å²) in [6, 6.07) is 8.14. The van der Waals surface area contributed by atoms with Gasteiger partial charge in [-0.3, -0.25) is 9.89 Å². The van der Waals surface area contributed by atoms with E-state index in [2.05, 4.69) is 15.2 Å². The van der Waals surface area contributed by atoms with Gasteiger partial charge in [0.25, 0.3) is 5.91 Å². The molecule has 1 aromatic carbocycles. The molecule has 2 rings (SSSR count). The fraction of sp³-hybridized carbons (Fsp3) is 0.250. The zero-order valence-corrected chi connectivity index (χ0v) is 11.1. The average molecular weight is 262 g/mol. The molecule has 0 unspecified atom stereocenters. The Morgan fingerprint density at radius 2 is 2.11 bits per heavy atom. The van der Waals surface area contributed by atoms with Gasteiger partial charge in [-0.15, -0.1) is 11.8 Å². The highest BCUT2D eigenvalue weighted by atomic mass is 32.2. The van der Waals surface area contributed by atoms with Crippen LogP contribution in [0.1, 0.15) is 16.2 Å². The molecule has 0 radical (unpaired) electrons. The number of carbonyl (C=O) groups excluding carboxylic acids is 1. The van der Waals surface area contributed by atoms with Gasteiger partial charge in [0.1, 0.15) is 6.33 Å². The molecular weight excluding hydrogens is 248 g/mol. The van der Waals surface area contributed by atoms with Gasteiger partial charge in [-0.05, 0) is 24.0 Å². The van der Waals surface area contributed by atoms with Crippen molar-refractivity contribution in [2.75, 3.05) is 13.3 Å². The number of benzene rings is 1. The lowest BCUT2D eigenvalue weighted by atomic mass is 10.2. The second-order valence-electron chi connectivity index (χ2n) is 3.84. The standard InChI is InChI=1S/C12H14N4OS/c1-16(12(17)11-13-8-14-15-11)7-9-3-5-10(18-2)6-4-9/h3-6,8H,7H2,1-2H3,(H,13,14,15). The number of hydrogen-bond donors (Lipinski definition) is 1. The molecule has 1 amide bonds. The lowest BCUT2D eigenvalue weighted by Gasteiger charge is -2.15. The van der Waals surface area contributed by atoms with Crippen molar-refractivity contribution in [1.29, 1.82) is 0 Å². The van der Waals surface area contributed by atoms with E-state index >= 15 is 0 Å². The van der Waals surface area contributed by atoms with Crippen molar-refractivity contribution in [3.8, 4) is 0 Å². The van der Waals surface area contributed by atoms with Gasteiger partial charge in [0.05, 0.1) is 0 Å². The molecule has 0 saturated heterocycles. The molecule has 0 atom stereocenters. The molecule has 5 nitrogen and oxygen atoms in total. The van der Waals surface area contributed by atoms with Gasteiger partial charge in [0, 0.05) is 18.5 Å². The summed E-state index contributed by atoms with van der Waals surface area (Å²) in [5.74, 6) is 0.0969. The lowest BCUT2D eigenvalue weighted by Crippen LogP contribution is -2.27. The number of amides is 1. The molecule has 0 spiro atoms. The van der Waals surface area contributed by atoms with Crippen LogP contribution in [0.4, 0.5) is 0 Å². The molecule has 94 valence electrons. The van der Waals surface area contributed by atoms with E-state index in [9.17, 15) is 4.79 Å². The van der Waals surface area contributed by atoms with Crippen LogP contribution in [0.3, 0.4) is 0 Å². The number of hydrogen-bond acceptors (Lipinski definition) is 4. The summed E-state index contributed by atoms with van der Waals surface area (Å²) in [7, 11) is 1.74. The van der Waals surface area contributed by atoms with Gasteiger partial charge >= 0.3 is 0 Å². The highest BCUT2D eigenvalue weighted by molar-refractivity contribution is 7.98. The smallest absolute Gasteiger partial charge is 0.291 e. The molecule has 0 saturated carbocycles. The number of nitrogens with one attached hydrogen (secondary N) is 1. The summed E-state index contributed by atoms with van der Waals surface area (Å²) in [5.41, 5.74) is 1.09. The van der Waals surface area contributed by atoms with Gasteiger partial charge in [0.2, 0.25) is 5.82 Å². The van der Waals surface area contributed by atoms with E-state index in [1.807, 2.05) is 30.5 Å². The maximum absolute atomic E-state index is 11.9. The van der Waals surface area contributed by atoms with Crippen LogP contribution in [-0.2, 0) is 6.54 Å². The van der Waals surface area contributed by atoms with Crippen LogP contribution in [0.25, 0.3) is 0 Å². The van der Waals surface area contributed by atoms with E-state index in [0.29, 0.717) is 6.54 Å². The Morgan fingerprint density at radius 3 is 2.67 bits per heavy atom. The first kappa shape index (κ1) is 12.6. The number of aromatic amines is 1. The number of carbonyl (C=O) groups is 1. The van der Waals surface area contributed by atoms with E-state index < -0.39 is 0 Å². The first-order valence-electron chi connectivity index (χ1n) is 5.44. The summed E-state index contributed by atoms with van der Waals surface area (Å²) in [5, 5.41) is 6.24. The molecule has 0 aliphatic rings. The van der Waals surface area contributed by atoms with Crippen molar-refractivity contribution < 1.29 is 4.79 Å². The number of rotatable bonds is 4. The number of thioether (sulfide) groups is 1. The van der Waals surface area contributed by atoms with Gasteiger partial charge < -0.3 is 4.90 Å². The Bertz CT molecular complexity index is 509. The fourth-order valence-corrected chi connectivity index (χ4v) is 1.97. The third-order valence-corrected chi connectivity index (χ3v) is 3.29. The normalized spacial score (nSPS) is 10.3. The number of aromatic nitrogens is 3. The van der Waals surface area contributed by atoms with Crippen LogP contribution >= 0.6 is 11.8 Å². The Morgan fingerprint density at radius 1 is 1.39 bits per heavy atom. The topological polar surface area (TPSA) is 61.9 Å². The maximum atomic E-state index is 11.9. The molecule has 2 aromatic rings. The fourth-order valence-electron chi connectivity index (χ4n) is 1.57. The highest BCUT2D eigenvalue weighted by Crippen LogP contribution is 2.15. The lowest BCUT2D eigenvalue weighted by molar-refractivity contribution is 0.0773. The van der Waals surface area contributed by atoms with E-state index in [4.69, 9.17) is 0 Å². The van der Waals surface area contributed by atoms with Crippen LogP contribution in [0.5, 0.6) is 0 Å². The molecule has 6 heteroatoms. The SMILES string of the molecule is CSc1ccc(CN(C)C(=O)c2ncn[nH]2)cc1. The van der Waals surface area contributed by atoms with Crippen LogP contribution in [-0.4, -0.2) is 39.3 Å². The van der Waals surface area contributed by atoms with Crippen molar-refractivity contribution in [3.63, 3.8) is 0 Å². The zero-order valence-electron chi connectivity index (χ0n) is 10.3. The van der Waals surface area contributed by atoms with Crippen molar-refractivity contribution in [3.05, 3.63) is 42.0 Å². The molecule has 0 fully saturated rings. The summed E-state index contributed by atoms with van der Waals surface area (Å²) in [6.45, 7) is 0.550. The van der Waals surface area contributed by atoms with E-state index in [1.165, 1.54) is 11.2 Å². The number of H-pyrrole nitrogens is 1. The minimum atomic E-state index is -0.165. The van der Waals surface area contributed by atoms with Gasteiger partial charge in [-0.1, -0.05) is 12.1 Å². The van der Waals surface area contributed by atoms with E-state index in [1.54, 1.807) is 23.7 Å². The molecule has 1 heterocycles. The van der Waals surface area contributed by atoms with Gasteiger partial charge in [0.15, 0.2) is 0 Å². The minimum absolute atomic E-state index is 0.165. The first-order chi connectivity index (χ1) is 8.70. The van der Waals surface area contributed by atoms with Crippen LogP contribution in [0.2, 0.25) is 0 Å². The minimum Gasteiger partial charge on any atom is -0.335 e. The third kappa shape index (κ3) is 2.89. The zero-order chi connectivity index (χ0) is 13.0. The molecular formula is C12H14N4OS. The second-order valence-corrected chi connectivity index (χ2v) is 4.72. The van der Waals surface area contributed by atoms with Crippen LogP contribution in [0, 0.1) is 0 Å². The van der Waals surface area contributed by atoms with E-state index in [-0.39, 0.29) is 11.7 Å². The molecule has 0 aliphatic carbocycles. The summed E-state index contributed by atoms with van der Waals surface area (Å²) in [6.07, 6.45) is 3.36. The Kier molecular flexibility index (Phi) is 3.99. The quantitative estimate of drug-likeness (QED) is 0.853. The van der Waals surface area contributed by atoms with Crippen LogP contribution < -0.4 is 0 Å². The highest BCUT2D eigenvalue weighted by Gasteiger charge is 2.14. The average Bonchev–Trinajstić information content (AvgIpc) is 2.92. The monoisotopic (exact) mass is 262 g/mol. The summed E-state index contributed by atoms with van der Waals surface area (Å²) in [4.78, 5) is 18.6. The van der Waals surface area contributed by atoms with Crippen LogP contribution in [0.15, 0.2) is 35.5 Å². The van der Waals surface area contributed by atoms with Gasteiger partial charge in [-0.25, -0.2) is 4.98 Å². The van der Waals surface area contributed by atoms with Crippen molar-refractivity contribution in [1.82, 2.24) is 20.1 Å². The summed E-state index contributed by atoms with van der Waals surface area (Å²) < 4.78 is 0. The molecule has 1 N–H and O–H groups in total. The van der Waals surface area contributed by atoms with Crippen molar-refractivity contribution in [2.24, 2.45) is 0 Å². The first-order valence-corrected chi connectivity index (χ1v) is 6.67.